The predicted octanol–water partition coefficient (Wildman–Crippen LogP) is 2.07. The van der Waals surface area contributed by atoms with E-state index in [1.807, 2.05) is 0 Å². The average Bonchev–Trinajstić information content (AvgIpc) is 2.53. The van der Waals surface area contributed by atoms with E-state index in [2.05, 4.69) is 31.1 Å². The lowest BCUT2D eigenvalue weighted by molar-refractivity contribution is 0.473. The molecule has 0 saturated heterocycles. The number of hydrogen-bond donors (Lipinski definition) is 1. The summed E-state index contributed by atoms with van der Waals surface area (Å²) in [5, 5.41) is 17.4. The van der Waals surface area contributed by atoms with Crippen LogP contribution in [0.5, 0.6) is 5.75 Å². The summed E-state index contributed by atoms with van der Waals surface area (Å²) < 4.78 is 0.720. The van der Waals surface area contributed by atoms with Gasteiger partial charge in [0.15, 0.2) is 8.92 Å². The molecule has 0 radical (unpaired) electrons. The van der Waals surface area contributed by atoms with Gasteiger partial charge in [-0.15, -0.1) is 10.2 Å². The second-order valence-electron chi connectivity index (χ2n) is 2.26. The van der Waals surface area contributed by atoms with Gasteiger partial charge in [-0.05, 0) is 28.1 Å². The zero-order valence-corrected chi connectivity index (χ0v) is 8.71. The zero-order chi connectivity index (χ0) is 9.26. The van der Waals surface area contributed by atoms with Crippen LogP contribution in [0.2, 0.25) is 0 Å². The zero-order valence-electron chi connectivity index (χ0n) is 6.31. The van der Waals surface area contributed by atoms with Crippen molar-refractivity contribution >= 4 is 27.3 Å². The van der Waals surface area contributed by atoms with Crippen molar-refractivity contribution in [1.29, 1.82) is 0 Å². The number of nitrogens with zero attached hydrogens (tertiary/aromatic N) is 3. The molecule has 0 amide bonds. The Balaban J connectivity index is 2.41. The van der Waals surface area contributed by atoms with Gasteiger partial charge in [-0.25, -0.2) is 4.98 Å². The monoisotopic (exact) mass is 257 g/mol. The fourth-order valence-corrected chi connectivity index (χ4v) is 1.91. The Labute approximate surface area is 86.4 Å². The minimum absolute atomic E-state index is 0.146. The molecule has 0 aliphatic carbocycles. The van der Waals surface area contributed by atoms with E-state index in [0.29, 0.717) is 5.69 Å². The fraction of sp³-hybridized carbons (Fsp3) is 0. The molecule has 1 N–H and O–H groups in total. The average molecular weight is 258 g/mol. The molecule has 6 heteroatoms. The maximum Gasteiger partial charge on any atom is 0.183 e. The molecule has 2 aromatic heterocycles. The summed E-state index contributed by atoms with van der Waals surface area (Å²) in [4.78, 5) is 4.00. The van der Waals surface area contributed by atoms with Crippen LogP contribution in [0.15, 0.2) is 22.2 Å². The number of hydrogen-bond acceptors (Lipinski definition) is 5. The van der Waals surface area contributed by atoms with Gasteiger partial charge in [0.05, 0.1) is 6.20 Å². The second kappa shape index (κ2) is 3.39. The van der Waals surface area contributed by atoms with Crippen molar-refractivity contribution in [1.82, 2.24) is 15.2 Å². The molecule has 0 fully saturated rings. The van der Waals surface area contributed by atoms with Gasteiger partial charge in [-0.2, -0.15) is 0 Å². The van der Waals surface area contributed by atoms with E-state index in [9.17, 15) is 0 Å². The highest BCUT2D eigenvalue weighted by atomic mass is 79.9. The first-order valence-corrected chi connectivity index (χ1v) is 5.01. The lowest BCUT2D eigenvalue weighted by atomic mass is 10.3. The van der Waals surface area contributed by atoms with Crippen LogP contribution in [0.25, 0.3) is 10.7 Å². The van der Waals surface area contributed by atoms with E-state index in [4.69, 9.17) is 5.11 Å². The van der Waals surface area contributed by atoms with Gasteiger partial charge in [0.25, 0.3) is 0 Å². The van der Waals surface area contributed by atoms with E-state index < -0.39 is 0 Å². The molecule has 0 spiro atoms. The molecule has 0 bridgehead atoms. The van der Waals surface area contributed by atoms with Gasteiger partial charge in [0, 0.05) is 0 Å². The third-order valence-corrected chi connectivity index (χ3v) is 2.75. The molecular formula is C7H4BrN3OS. The highest BCUT2D eigenvalue weighted by Crippen LogP contribution is 2.25. The van der Waals surface area contributed by atoms with Crippen molar-refractivity contribution in [3.63, 3.8) is 0 Å². The van der Waals surface area contributed by atoms with Crippen LogP contribution in [0.1, 0.15) is 0 Å². The predicted molar refractivity (Wildman–Crippen MR) is 52.5 cm³/mol. The van der Waals surface area contributed by atoms with Gasteiger partial charge < -0.3 is 5.11 Å². The summed E-state index contributed by atoms with van der Waals surface area (Å²) in [6.45, 7) is 0. The molecule has 0 aliphatic rings. The number of aromatic hydroxyl groups is 1. The van der Waals surface area contributed by atoms with E-state index in [1.54, 1.807) is 12.1 Å². The smallest absolute Gasteiger partial charge is 0.183 e. The highest BCUT2D eigenvalue weighted by molar-refractivity contribution is 9.11. The summed E-state index contributed by atoms with van der Waals surface area (Å²) in [6.07, 6.45) is 1.38. The molecule has 0 saturated carbocycles. The van der Waals surface area contributed by atoms with E-state index in [1.165, 1.54) is 17.5 Å². The third kappa shape index (κ3) is 1.84. The Morgan fingerprint density at radius 2 is 2.15 bits per heavy atom. The molecule has 0 aliphatic heterocycles. The van der Waals surface area contributed by atoms with Crippen LogP contribution >= 0.6 is 27.3 Å². The largest absolute Gasteiger partial charge is 0.506 e. The first kappa shape index (κ1) is 8.58. The number of halogens is 1. The molecule has 4 nitrogen and oxygen atoms in total. The number of pyridine rings is 1. The lowest BCUT2D eigenvalue weighted by Gasteiger charge is -1.93. The molecule has 2 rings (SSSR count). The lowest BCUT2D eigenvalue weighted by Crippen LogP contribution is -1.80. The third-order valence-electron chi connectivity index (χ3n) is 1.37. The summed E-state index contributed by atoms with van der Waals surface area (Å²) in [5.41, 5.74) is 0.709. The number of rotatable bonds is 1. The molecule has 0 unspecified atom stereocenters. The van der Waals surface area contributed by atoms with Gasteiger partial charge in [0.2, 0.25) is 0 Å². The van der Waals surface area contributed by atoms with Crippen molar-refractivity contribution in [2.24, 2.45) is 0 Å². The van der Waals surface area contributed by atoms with Gasteiger partial charge in [0.1, 0.15) is 11.4 Å². The summed E-state index contributed by atoms with van der Waals surface area (Å²) in [7, 11) is 0. The van der Waals surface area contributed by atoms with Crippen molar-refractivity contribution < 1.29 is 5.11 Å². The second-order valence-corrected chi connectivity index (χ2v) is 4.52. The Hall–Kier alpha value is -1.01. The molecule has 13 heavy (non-hydrogen) atoms. The first-order chi connectivity index (χ1) is 6.25. The summed E-state index contributed by atoms with van der Waals surface area (Å²) in [5.74, 6) is 0.146. The fourth-order valence-electron chi connectivity index (χ4n) is 0.821. The molecule has 0 aromatic carbocycles. The van der Waals surface area contributed by atoms with Gasteiger partial charge in [-0.3, -0.25) is 0 Å². The standard InChI is InChI=1S/C7H4BrN3OS/c8-7-11-10-6(13-7)5-2-1-4(12)3-9-5/h1-3,12H. The molecular weight excluding hydrogens is 254 g/mol. The van der Waals surface area contributed by atoms with Crippen LogP contribution in [-0.4, -0.2) is 20.3 Å². The van der Waals surface area contributed by atoms with Crippen molar-refractivity contribution in [2.75, 3.05) is 0 Å². The van der Waals surface area contributed by atoms with Gasteiger partial charge >= 0.3 is 0 Å². The Bertz CT molecular complexity index is 414. The molecule has 2 heterocycles. The first-order valence-electron chi connectivity index (χ1n) is 3.40. The van der Waals surface area contributed by atoms with E-state index >= 15 is 0 Å². The Morgan fingerprint density at radius 3 is 2.69 bits per heavy atom. The summed E-state index contributed by atoms with van der Waals surface area (Å²) in [6, 6.07) is 3.26. The van der Waals surface area contributed by atoms with Crippen LogP contribution in [0, 0.1) is 0 Å². The van der Waals surface area contributed by atoms with Crippen LogP contribution < -0.4 is 0 Å². The number of aromatic nitrogens is 3. The van der Waals surface area contributed by atoms with E-state index in [-0.39, 0.29) is 5.75 Å². The van der Waals surface area contributed by atoms with Crippen molar-refractivity contribution in [2.45, 2.75) is 0 Å². The maximum absolute atomic E-state index is 9.00. The Kier molecular flexibility index (Phi) is 2.24. The maximum atomic E-state index is 9.00. The molecule has 66 valence electrons. The van der Waals surface area contributed by atoms with Gasteiger partial charge in [-0.1, -0.05) is 11.3 Å². The van der Waals surface area contributed by atoms with Crippen LogP contribution in [-0.2, 0) is 0 Å². The highest BCUT2D eigenvalue weighted by Gasteiger charge is 2.05. The minimum Gasteiger partial charge on any atom is -0.506 e. The van der Waals surface area contributed by atoms with Crippen molar-refractivity contribution in [3.8, 4) is 16.5 Å². The van der Waals surface area contributed by atoms with Crippen molar-refractivity contribution in [3.05, 3.63) is 22.2 Å². The Morgan fingerprint density at radius 1 is 1.31 bits per heavy atom. The van der Waals surface area contributed by atoms with Crippen LogP contribution in [0.4, 0.5) is 0 Å². The molecule has 2 aromatic rings. The van der Waals surface area contributed by atoms with Crippen LogP contribution in [0.3, 0.4) is 0 Å². The normalized spacial score (nSPS) is 10.2. The van der Waals surface area contributed by atoms with E-state index in [0.717, 1.165) is 8.92 Å². The topological polar surface area (TPSA) is 58.9 Å². The quantitative estimate of drug-likeness (QED) is 0.850. The summed E-state index contributed by atoms with van der Waals surface area (Å²) >= 11 is 4.61. The minimum atomic E-state index is 0.146. The molecule has 0 atom stereocenters. The SMILES string of the molecule is Oc1ccc(-c2nnc(Br)s2)nc1.